The van der Waals surface area contributed by atoms with Gasteiger partial charge in [-0.2, -0.15) is 0 Å². The quantitative estimate of drug-likeness (QED) is 0.259. The van der Waals surface area contributed by atoms with Crippen molar-refractivity contribution in [1.82, 2.24) is 15.0 Å². The van der Waals surface area contributed by atoms with Crippen LogP contribution in [-0.2, 0) is 0 Å². The first-order valence-electron chi connectivity index (χ1n) is 11.3. The van der Waals surface area contributed by atoms with E-state index >= 15 is 4.39 Å². The summed E-state index contributed by atoms with van der Waals surface area (Å²) in [4.78, 5) is 15.8. The number of hydrogen-bond acceptors (Lipinski definition) is 5. The van der Waals surface area contributed by atoms with Crippen LogP contribution in [0.4, 0.5) is 26.0 Å². The zero-order valence-electron chi connectivity index (χ0n) is 19.4. The van der Waals surface area contributed by atoms with E-state index in [1.807, 2.05) is 31.2 Å². The molecule has 176 valence electrons. The number of nitrogens with one attached hydrogen (secondary N) is 1. The fraction of sp³-hybridized carbons (Fsp3) is 0.269. The standard InChI is InChI=1S/C26H26BrF2N5/c1-4-10-34(11-5-2)23-14-21(18(27)15-31-23)32-26-16(3)25(20-8-6-7-9-30-20)33-22-13-17(28)12-19(29)24(22)26/h6-9,12-15H,4-5,10-11H2,1-3H3,(H,31,32,33). The maximum Gasteiger partial charge on any atom is 0.137 e. The van der Waals surface area contributed by atoms with E-state index in [9.17, 15) is 4.39 Å². The molecule has 1 aromatic carbocycles. The van der Waals surface area contributed by atoms with Crippen molar-refractivity contribution in [2.45, 2.75) is 33.6 Å². The van der Waals surface area contributed by atoms with Gasteiger partial charge in [0.2, 0.25) is 0 Å². The van der Waals surface area contributed by atoms with Crippen molar-refractivity contribution in [1.29, 1.82) is 0 Å². The van der Waals surface area contributed by atoms with Gasteiger partial charge in [0.15, 0.2) is 0 Å². The number of hydrogen-bond donors (Lipinski definition) is 1. The normalized spacial score (nSPS) is 11.1. The third kappa shape index (κ3) is 4.87. The Bertz CT molecular complexity index is 1310. The first-order valence-corrected chi connectivity index (χ1v) is 12.1. The Hall–Kier alpha value is -3.13. The average Bonchev–Trinajstić information content (AvgIpc) is 2.82. The van der Waals surface area contributed by atoms with Crippen molar-refractivity contribution < 1.29 is 8.78 Å². The summed E-state index contributed by atoms with van der Waals surface area (Å²) in [6.45, 7) is 7.90. The number of anilines is 3. The Morgan fingerprint density at radius 3 is 2.47 bits per heavy atom. The molecule has 0 aliphatic heterocycles. The van der Waals surface area contributed by atoms with Crippen molar-refractivity contribution in [3.05, 3.63) is 70.5 Å². The lowest BCUT2D eigenvalue weighted by Crippen LogP contribution is -2.25. The second-order valence-electron chi connectivity index (χ2n) is 8.09. The number of rotatable bonds is 8. The summed E-state index contributed by atoms with van der Waals surface area (Å²) in [6, 6.07) is 9.57. The van der Waals surface area contributed by atoms with E-state index in [0.717, 1.165) is 48.0 Å². The average molecular weight is 526 g/mol. The van der Waals surface area contributed by atoms with E-state index in [-0.39, 0.29) is 10.9 Å². The van der Waals surface area contributed by atoms with Crippen molar-refractivity contribution in [2.24, 2.45) is 0 Å². The Labute approximate surface area is 206 Å². The van der Waals surface area contributed by atoms with E-state index in [0.29, 0.717) is 22.6 Å². The molecule has 0 bridgehead atoms. The number of nitrogens with zero attached hydrogens (tertiary/aromatic N) is 4. The molecule has 0 atom stereocenters. The molecule has 0 amide bonds. The maximum atomic E-state index is 15.1. The van der Waals surface area contributed by atoms with Crippen LogP contribution in [0.3, 0.4) is 0 Å². The largest absolute Gasteiger partial charge is 0.357 e. The molecule has 0 spiro atoms. The number of pyridine rings is 3. The fourth-order valence-corrected chi connectivity index (χ4v) is 4.34. The van der Waals surface area contributed by atoms with Gasteiger partial charge < -0.3 is 10.2 Å². The molecule has 1 N–H and O–H groups in total. The first kappa shape index (κ1) is 24.0. The minimum atomic E-state index is -0.679. The Morgan fingerprint density at radius 2 is 1.79 bits per heavy atom. The highest BCUT2D eigenvalue weighted by atomic mass is 79.9. The van der Waals surface area contributed by atoms with Crippen LogP contribution < -0.4 is 10.2 Å². The lowest BCUT2D eigenvalue weighted by Gasteiger charge is -2.24. The van der Waals surface area contributed by atoms with Gasteiger partial charge in [-0.3, -0.25) is 4.98 Å². The van der Waals surface area contributed by atoms with Gasteiger partial charge in [-0.15, -0.1) is 0 Å². The summed E-state index contributed by atoms with van der Waals surface area (Å²) in [5.41, 5.74) is 3.36. The lowest BCUT2D eigenvalue weighted by molar-refractivity contribution is 0.591. The first-order chi connectivity index (χ1) is 16.4. The zero-order chi connectivity index (χ0) is 24.2. The van der Waals surface area contributed by atoms with Gasteiger partial charge >= 0.3 is 0 Å². The van der Waals surface area contributed by atoms with E-state index in [1.54, 1.807) is 12.4 Å². The lowest BCUT2D eigenvalue weighted by atomic mass is 10.0. The van der Waals surface area contributed by atoms with E-state index in [1.165, 1.54) is 6.07 Å². The van der Waals surface area contributed by atoms with Gasteiger partial charge in [0.25, 0.3) is 0 Å². The summed E-state index contributed by atoms with van der Waals surface area (Å²) >= 11 is 3.57. The van der Waals surface area contributed by atoms with Gasteiger partial charge in [-0.05, 0) is 47.8 Å². The molecule has 3 aromatic heterocycles. The summed E-state index contributed by atoms with van der Waals surface area (Å²) in [7, 11) is 0. The van der Waals surface area contributed by atoms with Crippen LogP contribution in [0.2, 0.25) is 0 Å². The summed E-state index contributed by atoms with van der Waals surface area (Å²) in [5.74, 6) is -0.520. The van der Waals surface area contributed by atoms with Crippen LogP contribution >= 0.6 is 15.9 Å². The molecule has 0 radical (unpaired) electrons. The second-order valence-corrected chi connectivity index (χ2v) is 8.95. The molecule has 0 saturated heterocycles. The predicted molar refractivity (Wildman–Crippen MR) is 138 cm³/mol. The van der Waals surface area contributed by atoms with Crippen LogP contribution in [0, 0.1) is 18.6 Å². The Kier molecular flexibility index (Phi) is 7.36. The van der Waals surface area contributed by atoms with Crippen LogP contribution in [-0.4, -0.2) is 28.0 Å². The highest BCUT2D eigenvalue weighted by molar-refractivity contribution is 9.10. The molecule has 8 heteroatoms. The van der Waals surface area contributed by atoms with Gasteiger partial charge in [0, 0.05) is 49.2 Å². The molecule has 0 aliphatic rings. The molecule has 4 aromatic rings. The van der Waals surface area contributed by atoms with Crippen LogP contribution in [0.25, 0.3) is 22.3 Å². The molecule has 0 fully saturated rings. The minimum Gasteiger partial charge on any atom is -0.357 e. The summed E-state index contributed by atoms with van der Waals surface area (Å²) in [6.07, 6.45) is 5.41. The summed E-state index contributed by atoms with van der Waals surface area (Å²) in [5, 5.41) is 3.61. The predicted octanol–water partition coefficient (Wildman–Crippen LogP) is 7.41. The van der Waals surface area contributed by atoms with Crippen LogP contribution in [0.15, 0.2) is 53.3 Å². The molecule has 0 aliphatic carbocycles. The van der Waals surface area contributed by atoms with Crippen molar-refractivity contribution >= 4 is 44.0 Å². The SMILES string of the molecule is CCCN(CCC)c1cc(Nc2c(C)c(-c3ccccn3)nc3cc(F)cc(F)c23)c(Br)cn1. The van der Waals surface area contributed by atoms with Crippen LogP contribution in [0.1, 0.15) is 32.3 Å². The second kappa shape index (κ2) is 10.4. The molecule has 5 nitrogen and oxygen atoms in total. The maximum absolute atomic E-state index is 15.1. The minimum absolute atomic E-state index is 0.218. The monoisotopic (exact) mass is 525 g/mol. The van der Waals surface area contributed by atoms with E-state index in [2.05, 4.69) is 54.9 Å². The summed E-state index contributed by atoms with van der Waals surface area (Å²) < 4.78 is 29.9. The van der Waals surface area contributed by atoms with Gasteiger partial charge in [0.05, 0.1) is 38.1 Å². The third-order valence-electron chi connectivity index (χ3n) is 5.57. The van der Waals surface area contributed by atoms with Crippen molar-refractivity contribution in [3.8, 4) is 11.4 Å². The molecule has 0 unspecified atom stereocenters. The smallest absolute Gasteiger partial charge is 0.137 e. The molecular formula is C26H26BrF2N5. The zero-order valence-corrected chi connectivity index (χ0v) is 21.0. The number of halogens is 3. The Morgan fingerprint density at radius 1 is 1.03 bits per heavy atom. The number of aromatic nitrogens is 3. The molecule has 3 heterocycles. The van der Waals surface area contributed by atoms with Crippen molar-refractivity contribution in [3.63, 3.8) is 0 Å². The molecule has 0 saturated carbocycles. The highest BCUT2D eigenvalue weighted by Crippen LogP contribution is 2.38. The Balaban J connectivity index is 1.89. The number of benzene rings is 1. The number of fused-ring (bicyclic) bond motifs is 1. The highest BCUT2D eigenvalue weighted by Gasteiger charge is 2.20. The van der Waals surface area contributed by atoms with E-state index in [4.69, 9.17) is 0 Å². The third-order valence-corrected chi connectivity index (χ3v) is 6.20. The molecule has 4 rings (SSSR count). The molecular weight excluding hydrogens is 500 g/mol. The van der Waals surface area contributed by atoms with Gasteiger partial charge in [-0.1, -0.05) is 19.9 Å². The fourth-order valence-electron chi connectivity index (χ4n) is 4.03. The van der Waals surface area contributed by atoms with E-state index < -0.39 is 11.6 Å². The topological polar surface area (TPSA) is 53.9 Å². The van der Waals surface area contributed by atoms with Gasteiger partial charge in [0.1, 0.15) is 17.5 Å². The van der Waals surface area contributed by atoms with Crippen molar-refractivity contribution in [2.75, 3.05) is 23.3 Å². The van der Waals surface area contributed by atoms with Crippen LogP contribution in [0.5, 0.6) is 0 Å². The van der Waals surface area contributed by atoms with Gasteiger partial charge in [-0.25, -0.2) is 18.7 Å². The molecule has 34 heavy (non-hydrogen) atoms.